The van der Waals surface area contributed by atoms with Crippen molar-refractivity contribution in [2.45, 2.75) is 25.9 Å². The van der Waals surface area contributed by atoms with Gasteiger partial charge < -0.3 is 5.11 Å². The number of nitrogens with zero attached hydrogens (tertiary/aromatic N) is 1. The Balaban J connectivity index is 2.11. The summed E-state index contributed by atoms with van der Waals surface area (Å²) in [6.07, 6.45) is 0.515. The fourth-order valence-electron chi connectivity index (χ4n) is 2.48. The predicted octanol–water partition coefficient (Wildman–Crippen LogP) is 1.07. The minimum absolute atomic E-state index is 0.0616. The van der Waals surface area contributed by atoms with E-state index in [2.05, 4.69) is 0 Å². The average molecular weight is 297 g/mol. The molecule has 1 aliphatic heterocycles. The van der Waals surface area contributed by atoms with Gasteiger partial charge in [-0.2, -0.15) is 0 Å². The van der Waals surface area contributed by atoms with E-state index in [1.54, 1.807) is 4.90 Å². The first-order valence-electron chi connectivity index (χ1n) is 6.57. The second-order valence-electron chi connectivity index (χ2n) is 5.34. The van der Waals surface area contributed by atoms with Crippen LogP contribution in [0, 0.1) is 6.92 Å². The first-order chi connectivity index (χ1) is 9.35. The lowest BCUT2D eigenvalue weighted by Gasteiger charge is -2.26. The molecule has 2 rings (SSSR count). The summed E-state index contributed by atoms with van der Waals surface area (Å²) in [6.45, 7) is 2.32. The predicted molar refractivity (Wildman–Crippen MR) is 76.3 cm³/mol. The van der Waals surface area contributed by atoms with Crippen molar-refractivity contribution in [3.63, 3.8) is 0 Å². The zero-order valence-electron chi connectivity index (χ0n) is 11.4. The number of hydrogen-bond acceptors (Lipinski definition) is 4. The van der Waals surface area contributed by atoms with Gasteiger partial charge in [0.05, 0.1) is 18.1 Å². The molecule has 1 aromatic carbocycles. The van der Waals surface area contributed by atoms with Crippen molar-refractivity contribution >= 4 is 15.8 Å². The first-order valence-corrected chi connectivity index (χ1v) is 8.40. The number of aryl methyl sites for hydroxylation is 1. The highest BCUT2D eigenvalue weighted by Crippen LogP contribution is 2.20. The summed E-state index contributed by atoms with van der Waals surface area (Å²) < 4.78 is 23.1. The van der Waals surface area contributed by atoms with E-state index in [4.69, 9.17) is 5.11 Å². The molecule has 0 unspecified atom stereocenters. The monoisotopic (exact) mass is 297 g/mol. The van der Waals surface area contributed by atoms with E-state index < -0.39 is 15.8 Å². The maximum Gasteiger partial charge on any atom is 0.317 e. The Hall–Kier alpha value is -1.40. The zero-order chi connectivity index (χ0) is 14.8. The van der Waals surface area contributed by atoms with Crippen LogP contribution in [-0.4, -0.2) is 48.5 Å². The summed E-state index contributed by atoms with van der Waals surface area (Å²) in [4.78, 5) is 12.7. The van der Waals surface area contributed by atoms with E-state index in [0.29, 0.717) is 13.0 Å². The van der Waals surface area contributed by atoms with E-state index in [-0.39, 0.29) is 24.1 Å². The Labute approximate surface area is 119 Å². The SMILES string of the molecule is Cc1ccc(CN(CC(=O)O)[C@@H]2CCS(=O)(=O)C2)cc1. The van der Waals surface area contributed by atoms with Crippen LogP contribution in [0.1, 0.15) is 17.5 Å². The summed E-state index contributed by atoms with van der Waals surface area (Å²) >= 11 is 0. The van der Waals surface area contributed by atoms with Crippen molar-refractivity contribution in [2.24, 2.45) is 0 Å². The van der Waals surface area contributed by atoms with Crippen LogP contribution >= 0.6 is 0 Å². The number of rotatable bonds is 5. The number of benzene rings is 1. The third-order valence-electron chi connectivity index (χ3n) is 3.57. The van der Waals surface area contributed by atoms with Gasteiger partial charge in [0.1, 0.15) is 0 Å². The maximum atomic E-state index is 11.6. The number of carboxylic acid groups (broad SMARTS) is 1. The second kappa shape index (κ2) is 5.93. The Morgan fingerprint density at radius 3 is 2.50 bits per heavy atom. The summed E-state index contributed by atoms with van der Waals surface area (Å²) in [6, 6.07) is 7.65. The van der Waals surface area contributed by atoms with E-state index >= 15 is 0 Å². The van der Waals surface area contributed by atoms with Crippen molar-refractivity contribution in [3.8, 4) is 0 Å². The van der Waals surface area contributed by atoms with Crippen LogP contribution in [-0.2, 0) is 21.2 Å². The molecule has 0 amide bonds. The second-order valence-corrected chi connectivity index (χ2v) is 7.57. The van der Waals surface area contributed by atoms with Gasteiger partial charge in [0.2, 0.25) is 0 Å². The number of aliphatic carboxylic acids is 1. The quantitative estimate of drug-likeness (QED) is 0.880. The molecule has 1 heterocycles. The molecule has 20 heavy (non-hydrogen) atoms. The molecule has 5 nitrogen and oxygen atoms in total. The molecule has 1 saturated heterocycles. The topological polar surface area (TPSA) is 74.7 Å². The molecule has 1 aliphatic rings. The summed E-state index contributed by atoms with van der Waals surface area (Å²) in [5.41, 5.74) is 2.14. The number of carbonyl (C=O) groups is 1. The molecular weight excluding hydrogens is 278 g/mol. The highest BCUT2D eigenvalue weighted by molar-refractivity contribution is 7.91. The zero-order valence-corrected chi connectivity index (χ0v) is 12.3. The molecular formula is C14H19NO4S. The normalized spacial score (nSPS) is 21.2. The molecule has 0 radical (unpaired) electrons. The standard InChI is InChI=1S/C14H19NO4S/c1-11-2-4-12(5-3-11)8-15(9-14(16)17)13-6-7-20(18,19)10-13/h2-5,13H,6-10H2,1H3,(H,16,17)/t13-/m1/s1. The molecule has 1 N–H and O–H groups in total. The molecule has 0 aliphatic carbocycles. The van der Waals surface area contributed by atoms with Gasteiger partial charge in [-0.05, 0) is 18.9 Å². The van der Waals surface area contributed by atoms with E-state index in [1.807, 2.05) is 31.2 Å². The lowest BCUT2D eigenvalue weighted by atomic mass is 10.1. The molecule has 110 valence electrons. The summed E-state index contributed by atoms with van der Waals surface area (Å²) in [7, 11) is -3.01. The van der Waals surface area contributed by atoms with Crippen molar-refractivity contribution < 1.29 is 18.3 Å². The van der Waals surface area contributed by atoms with E-state index in [1.165, 1.54) is 0 Å². The highest BCUT2D eigenvalue weighted by Gasteiger charge is 2.33. The number of carboxylic acids is 1. The van der Waals surface area contributed by atoms with Gasteiger partial charge >= 0.3 is 5.97 Å². The van der Waals surface area contributed by atoms with Crippen LogP contribution in [0.25, 0.3) is 0 Å². The van der Waals surface area contributed by atoms with Crippen molar-refractivity contribution in [2.75, 3.05) is 18.1 Å². The molecule has 1 aromatic rings. The fourth-order valence-corrected chi connectivity index (χ4v) is 4.24. The molecule has 0 bridgehead atoms. The first kappa shape index (κ1) is 15.0. The van der Waals surface area contributed by atoms with Crippen LogP contribution in [0.3, 0.4) is 0 Å². The minimum Gasteiger partial charge on any atom is -0.480 e. The molecule has 1 atom stereocenters. The molecule has 0 saturated carbocycles. The summed E-state index contributed by atoms with van der Waals surface area (Å²) in [5.74, 6) is -0.713. The third-order valence-corrected chi connectivity index (χ3v) is 5.32. The molecule has 0 aromatic heterocycles. The lowest BCUT2D eigenvalue weighted by molar-refractivity contribution is -0.139. The highest BCUT2D eigenvalue weighted by atomic mass is 32.2. The minimum atomic E-state index is -3.01. The van der Waals surface area contributed by atoms with Gasteiger partial charge in [-0.25, -0.2) is 8.42 Å². The van der Waals surface area contributed by atoms with E-state index in [0.717, 1.165) is 11.1 Å². The van der Waals surface area contributed by atoms with Crippen LogP contribution in [0.15, 0.2) is 24.3 Å². The van der Waals surface area contributed by atoms with Crippen LogP contribution in [0.5, 0.6) is 0 Å². The third kappa shape index (κ3) is 4.05. The number of sulfone groups is 1. The lowest BCUT2D eigenvalue weighted by Crippen LogP contribution is -2.39. The van der Waals surface area contributed by atoms with Crippen LogP contribution in [0.2, 0.25) is 0 Å². The Kier molecular flexibility index (Phi) is 4.45. The Bertz CT molecular complexity index is 580. The van der Waals surface area contributed by atoms with Crippen LogP contribution < -0.4 is 0 Å². The fraction of sp³-hybridized carbons (Fsp3) is 0.500. The van der Waals surface area contributed by atoms with Gasteiger partial charge in [0, 0.05) is 12.6 Å². The van der Waals surface area contributed by atoms with Crippen LogP contribution in [0.4, 0.5) is 0 Å². The summed E-state index contributed by atoms with van der Waals surface area (Å²) in [5, 5.41) is 9.01. The maximum absolute atomic E-state index is 11.6. The molecule has 6 heteroatoms. The Morgan fingerprint density at radius 2 is 2.00 bits per heavy atom. The number of hydrogen-bond donors (Lipinski definition) is 1. The largest absolute Gasteiger partial charge is 0.480 e. The van der Waals surface area contributed by atoms with Gasteiger partial charge in [-0.3, -0.25) is 9.69 Å². The van der Waals surface area contributed by atoms with Crippen molar-refractivity contribution in [3.05, 3.63) is 35.4 Å². The van der Waals surface area contributed by atoms with Gasteiger partial charge in [0.15, 0.2) is 9.84 Å². The molecule has 1 fully saturated rings. The van der Waals surface area contributed by atoms with E-state index in [9.17, 15) is 13.2 Å². The van der Waals surface area contributed by atoms with Crippen molar-refractivity contribution in [1.82, 2.24) is 4.90 Å². The van der Waals surface area contributed by atoms with Gasteiger partial charge in [-0.15, -0.1) is 0 Å². The van der Waals surface area contributed by atoms with Gasteiger partial charge in [-0.1, -0.05) is 29.8 Å². The Morgan fingerprint density at radius 1 is 1.35 bits per heavy atom. The molecule has 0 spiro atoms. The van der Waals surface area contributed by atoms with Gasteiger partial charge in [0.25, 0.3) is 0 Å². The smallest absolute Gasteiger partial charge is 0.317 e. The average Bonchev–Trinajstić information content (AvgIpc) is 2.71. The van der Waals surface area contributed by atoms with Crippen molar-refractivity contribution in [1.29, 1.82) is 0 Å².